The molecule has 5 nitrogen and oxygen atoms in total. The van der Waals surface area contributed by atoms with E-state index in [0.29, 0.717) is 23.7 Å². The molecule has 6 heteroatoms. The Hall–Kier alpha value is -2.79. The number of rotatable bonds is 7. The molecule has 3 rings (SSSR count). The number of aromatic carboxylic acids is 1. The fraction of sp³-hybridized carbons (Fsp3) is 0.304. The van der Waals surface area contributed by atoms with Crippen molar-refractivity contribution in [2.24, 2.45) is 0 Å². The summed E-state index contributed by atoms with van der Waals surface area (Å²) in [5.41, 5.74) is 4.34. The van der Waals surface area contributed by atoms with Crippen LogP contribution in [0.15, 0.2) is 36.4 Å². The van der Waals surface area contributed by atoms with Crippen LogP contribution in [0.1, 0.15) is 47.4 Å². The molecule has 2 aromatic carbocycles. The third-order valence-electron chi connectivity index (χ3n) is 5.32. The number of carbonyl (C=O) groups excluding carboxylic acids is 1. The van der Waals surface area contributed by atoms with Gasteiger partial charge in [-0.1, -0.05) is 24.6 Å². The number of carboxylic acid groups (broad SMARTS) is 1. The molecule has 0 aliphatic heterocycles. The predicted octanol–water partition coefficient (Wildman–Crippen LogP) is 5.40. The highest BCUT2D eigenvalue weighted by atomic mass is 35.5. The van der Waals surface area contributed by atoms with E-state index in [1.54, 1.807) is 18.2 Å². The fourth-order valence-electron chi connectivity index (χ4n) is 3.51. The first kappa shape index (κ1) is 20.9. The monoisotopic (exact) mass is 413 g/mol. The third-order valence-corrected chi connectivity index (χ3v) is 5.63. The lowest BCUT2D eigenvalue weighted by Crippen LogP contribution is -2.24. The minimum atomic E-state index is -0.938. The maximum Gasteiger partial charge on any atom is 0.335 e. The van der Waals surface area contributed by atoms with Crippen LogP contribution in [-0.2, 0) is 11.3 Å². The Labute approximate surface area is 174 Å². The highest BCUT2D eigenvalue weighted by Crippen LogP contribution is 2.30. The highest BCUT2D eigenvalue weighted by Gasteiger charge is 2.17. The average Bonchev–Trinajstić information content (AvgIpc) is 2.92. The molecular formula is C23H24ClNO4. The van der Waals surface area contributed by atoms with Gasteiger partial charge in [-0.25, -0.2) is 4.79 Å². The summed E-state index contributed by atoms with van der Waals surface area (Å²) in [6.07, 6.45) is 0.0519. The van der Waals surface area contributed by atoms with E-state index in [2.05, 4.69) is 4.57 Å². The Morgan fingerprint density at radius 3 is 2.52 bits per heavy atom. The van der Waals surface area contributed by atoms with Gasteiger partial charge in [-0.05, 0) is 68.7 Å². The van der Waals surface area contributed by atoms with Crippen molar-refractivity contribution in [3.63, 3.8) is 0 Å². The summed E-state index contributed by atoms with van der Waals surface area (Å²) in [6.45, 7) is 8.00. The van der Waals surface area contributed by atoms with Gasteiger partial charge in [0.1, 0.15) is 5.75 Å². The van der Waals surface area contributed by atoms with Crippen molar-refractivity contribution in [3.05, 3.63) is 63.8 Å². The summed E-state index contributed by atoms with van der Waals surface area (Å²) >= 11 is 6.28. The second-order valence-corrected chi connectivity index (χ2v) is 7.63. The van der Waals surface area contributed by atoms with Crippen LogP contribution in [0.2, 0.25) is 5.02 Å². The molecule has 0 saturated heterocycles. The molecule has 1 unspecified atom stereocenters. The summed E-state index contributed by atoms with van der Waals surface area (Å²) < 4.78 is 7.99. The zero-order valence-corrected chi connectivity index (χ0v) is 17.7. The van der Waals surface area contributed by atoms with Gasteiger partial charge < -0.3 is 14.4 Å². The van der Waals surface area contributed by atoms with Gasteiger partial charge >= 0.3 is 5.97 Å². The lowest BCUT2D eigenvalue weighted by molar-refractivity contribution is -0.123. The molecule has 0 aliphatic rings. The maximum absolute atomic E-state index is 11.7. The molecule has 1 aromatic heterocycles. The van der Waals surface area contributed by atoms with Gasteiger partial charge in [-0.15, -0.1) is 0 Å². The van der Waals surface area contributed by atoms with Crippen LogP contribution in [-0.4, -0.2) is 27.5 Å². The lowest BCUT2D eigenvalue weighted by Gasteiger charge is -2.17. The first-order valence-electron chi connectivity index (χ1n) is 9.51. The summed E-state index contributed by atoms with van der Waals surface area (Å²) in [6, 6.07) is 10.7. The summed E-state index contributed by atoms with van der Waals surface area (Å²) in [5, 5.41) is 10.7. The first-order valence-corrected chi connectivity index (χ1v) is 9.89. The van der Waals surface area contributed by atoms with Gasteiger partial charge in [-0.3, -0.25) is 4.79 Å². The van der Waals surface area contributed by atoms with Crippen LogP contribution in [0.5, 0.6) is 5.75 Å². The number of hydrogen-bond donors (Lipinski definition) is 1. The van der Waals surface area contributed by atoms with E-state index in [0.717, 1.165) is 27.7 Å². The van der Waals surface area contributed by atoms with Crippen LogP contribution < -0.4 is 4.74 Å². The van der Waals surface area contributed by atoms with E-state index < -0.39 is 12.1 Å². The van der Waals surface area contributed by atoms with E-state index in [9.17, 15) is 14.7 Å². The lowest BCUT2D eigenvalue weighted by atomic mass is 10.1. The number of halogens is 1. The van der Waals surface area contributed by atoms with E-state index in [-0.39, 0.29) is 11.3 Å². The number of nitrogens with zero attached hydrogens (tertiary/aromatic N) is 1. The van der Waals surface area contributed by atoms with Crippen LogP contribution in [0.3, 0.4) is 0 Å². The third kappa shape index (κ3) is 4.15. The molecular weight excluding hydrogens is 390 g/mol. The molecule has 152 valence electrons. The smallest absolute Gasteiger partial charge is 0.335 e. The van der Waals surface area contributed by atoms with Crippen molar-refractivity contribution in [1.82, 2.24) is 4.57 Å². The van der Waals surface area contributed by atoms with Crippen LogP contribution in [0.4, 0.5) is 0 Å². The highest BCUT2D eigenvalue weighted by molar-refractivity contribution is 6.32. The maximum atomic E-state index is 11.7. The molecule has 0 amide bonds. The second-order valence-electron chi connectivity index (χ2n) is 7.22. The Morgan fingerprint density at radius 2 is 1.90 bits per heavy atom. The second kappa shape index (κ2) is 8.29. The molecule has 0 fully saturated rings. The number of carbonyl (C=O) groups is 2. The number of aryl methyl sites for hydroxylation is 1. The number of ketones is 1. The number of Topliss-reactive ketones (excluding diaryl/α,β-unsaturated/α-hetero) is 1. The minimum Gasteiger partial charge on any atom is -0.481 e. The van der Waals surface area contributed by atoms with E-state index in [1.807, 2.05) is 39.0 Å². The van der Waals surface area contributed by atoms with Gasteiger partial charge in [0.25, 0.3) is 0 Å². The van der Waals surface area contributed by atoms with Gasteiger partial charge in [0.15, 0.2) is 11.9 Å². The molecule has 0 radical (unpaired) electrons. The van der Waals surface area contributed by atoms with E-state index in [1.165, 1.54) is 6.92 Å². The Morgan fingerprint density at radius 1 is 1.17 bits per heavy atom. The molecule has 0 saturated carbocycles. The van der Waals surface area contributed by atoms with Gasteiger partial charge in [-0.2, -0.15) is 0 Å². The van der Waals surface area contributed by atoms with Gasteiger partial charge in [0.2, 0.25) is 0 Å². The number of carboxylic acids is 1. The van der Waals surface area contributed by atoms with Crippen LogP contribution >= 0.6 is 11.6 Å². The Balaban J connectivity index is 1.99. The molecule has 1 N–H and O–H groups in total. The standard InChI is InChI=1S/C23H24ClNO4/c1-5-21(15(4)26)29-22-10-16(6-8-19(22)24)12-25-14(3)13(2)18-11-17(23(27)28)7-9-20(18)25/h6-11,21H,5,12H2,1-4H3,(H,27,28). The molecule has 0 bridgehead atoms. The van der Waals surface area contributed by atoms with Gasteiger partial charge in [0.05, 0.1) is 10.6 Å². The largest absolute Gasteiger partial charge is 0.481 e. The molecule has 0 spiro atoms. The first-order chi connectivity index (χ1) is 13.7. The Bertz CT molecular complexity index is 1100. The molecule has 3 aromatic rings. The molecule has 1 atom stereocenters. The summed E-state index contributed by atoms with van der Waals surface area (Å²) in [7, 11) is 0. The van der Waals surface area contributed by atoms with Crippen molar-refractivity contribution in [1.29, 1.82) is 0 Å². The van der Waals surface area contributed by atoms with Crippen molar-refractivity contribution in [2.75, 3.05) is 0 Å². The van der Waals surface area contributed by atoms with Crippen molar-refractivity contribution in [3.8, 4) is 5.75 Å². The van der Waals surface area contributed by atoms with E-state index in [4.69, 9.17) is 16.3 Å². The molecule has 1 heterocycles. The van der Waals surface area contributed by atoms with Crippen molar-refractivity contribution >= 4 is 34.3 Å². The van der Waals surface area contributed by atoms with Crippen molar-refractivity contribution < 1.29 is 19.4 Å². The fourth-order valence-corrected chi connectivity index (χ4v) is 3.67. The molecule has 29 heavy (non-hydrogen) atoms. The van der Waals surface area contributed by atoms with Crippen LogP contribution in [0, 0.1) is 13.8 Å². The predicted molar refractivity (Wildman–Crippen MR) is 114 cm³/mol. The zero-order chi connectivity index (χ0) is 21.3. The minimum absolute atomic E-state index is 0.0360. The zero-order valence-electron chi connectivity index (χ0n) is 17.0. The number of ether oxygens (including phenoxy) is 1. The number of fused-ring (bicyclic) bond motifs is 1. The SMILES string of the molecule is CCC(Oc1cc(Cn2c(C)c(C)c3cc(C(=O)O)ccc32)ccc1Cl)C(C)=O. The molecule has 0 aliphatic carbocycles. The van der Waals surface area contributed by atoms with Gasteiger partial charge in [0, 0.05) is 23.1 Å². The quantitative estimate of drug-likeness (QED) is 0.562. The summed E-state index contributed by atoms with van der Waals surface area (Å²) in [4.78, 5) is 23.0. The van der Waals surface area contributed by atoms with Crippen molar-refractivity contribution in [2.45, 2.75) is 46.8 Å². The number of hydrogen-bond acceptors (Lipinski definition) is 3. The Kier molecular flexibility index (Phi) is 5.99. The average molecular weight is 414 g/mol. The summed E-state index contributed by atoms with van der Waals surface area (Å²) in [5.74, 6) is -0.483. The number of aromatic nitrogens is 1. The topological polar surface area (TPSA) is 68.5 Å². The van der Waals surface area contributed by atoms with E-state index >= 15 is 0 Å². The van der Waals surface area contributed by atoms with Crippen LogP contribution in [0.25, 0.3) is 10.9 Å². The normalized spacial score (nSPS) is 12.2. The number of benzene rings is 2.